The molecule has 7 rings (SSSR count). The van der Waals surface area contributed by atoms with Gasteiger partial charge in [-0.1, -0.05) is 212 Å². The predicted octanol–water partition coefficient (Wildman–Crippen LogP) is 9.78. The van der Waals surface area contributed by atoms with Gasteiger partial charge in [-0.2, -0.15) is 0 Å². The van der Waals surface area contributed by atoms with E-state index in [2.05, 4.69) is 233 Å². The molecule has 0 aromatic heterocycles. The van der Waals surface area contributed by atoms with E-state index >= 15 is 0 Å². The molecule has 62 heavy (non-hydrogen) atoms. The van der Waals surface area contributed by atoms with Gasteiger partial charge in [-0.3, -0.25) is 9.80 Å². The van der Waals surface area contributed by atoms with Crippen molar-refractivity contribution in [3.63, 3.8) is 0 Å². The second-order valence-electron chi connectivity index (χ2n) is 16.7. The highest BCUT2D eigenvalue weighted by molar-refractivity contribution is 5.36. The summed E-state index contributed by atoms with van der Waals surface area (Å²) in [4.78, 5) is 5.79. The molecule has 0 heterocycles. The molecule has 0 radical (unpaired) electrons. The first-order chi connectivity index (χ1) is 30.7. The molecule has 0 bridgehead atoms. The number of nitrogens with one attached hydrogen (secondary N) is 2. The van der Waals surface area contributed by atoms with Crippen LogP contribution in [-0.4, -0.2) is 60.1 Å². The largest absolute Gasteiger partial charge is 0.329 e. The van der Waals surface area contributed by atoms with Crippen LogP contribution in [0.4, 0.5) is 0 Å². The fourth-order valence-corrected chi connectivity index (χ4v) is 9.51. The molecular formula is C57H65N5. The first-order valence-corrected chi connectivity index (χ1v) is 22.5. The van der Waals surface area contributed by atoms with Gasteiger partial charge in [0.05, 0.1) is 0 Å². The van der Waals surface area contributed by atoms with Crippen LogP contribution in [0.25, 0.3) is 0 Å². The van der Waals surface area contributed by atoms with E-state index < -0.39 is 11.1 Å². The van der Waals surface area contributed by atoms with Crippen molar-refractivity contribution in [2.45, 2.75) is 56.4 Å². The fourth-order valence-electron chi connectivity index (χ4n) is 9.51. The normalized spacial score (nSPS) is 11.9. The van der Waals surface area contributed by atoms with Gasteiger partial charge in [-0.05, 0) is 64.6 Å². The number of benzene rings is 7. The van der Waals surface area contributed by atoms with Crippen LogP contribution in [0.5, 0.6) is 0 Å². The standard InChI is InChI=1S/C57H65N5/c58-36-37-59-38-39-60-40-41-61(46-53-30-16-5-17-31-53)56(42-49-22-8-1-9-23-49,43-50-24-10-2-11-25-50)57(44-51-26-12-3-13-27-51,45-52-28-14-4-15-29-52)62(47-54-32-18-6-19-33-54)48-55-34-20-7-21-35-55/h1-35,59-60H,36-48,58H2. The zero-order valence-electron chi connectivity index (χ0n) is 36.4. The minimum Gasteiger partial charge on any atom is -0.329 e. The zero-order valence-corrected chi connectivity index (χ0v) is 36.4. The van der Waals surface area contributed by atoms with E-state index in [0.29, 0.717) is 6.54 Å². The molecule has 0 aliphatic carbocycles. The van der Waals surface area contributed by atoms with Crippen LogP contribution in [-0.2, 0) is 45.3 Å². The molecule has 4 N–H and O–H groups in total. The first-order valence-electron chi connectivity index (χ1n) is 22.5. The maximum atomic E-state index is 5.84. The third-order valence-electron chi connectivity index (χ3n) is 12.4. The highest BCUT2D eigenvalue weighted by atomic mass is 15.3. The molecule has 0 atom stereocenters. The van der Waals surface area contributed by atoms with Gasteiger partial charge in [0.15, 0.2) is 0 Å². The van der Waals surface area contributed by atoms with Crippen molar-refractivity contribution in [3.8, 4) is 0 Å². The monoisotopic (exact) mass is 820 g/mol. The SMILES string of the molecule is NCCNCCNCCN(Cc1ccccc1)C(Cc1ccccc1)(Cc1ccccc1)C(Cc1ccccc1)(Cc1ccccc1)N(Cc1ccccc1)Cc1ccccc1. The maximum Gasteiger partial charge on any atom is 0.0487 e. The summed E-state index contributed by atoms with van der Waals surface area (Å²) in [6.07, 6.45) is 3.36. The van der Waals surface area contributed by atoms with Crippen molar-refractivity contribution in [2.75, 3.05) is 39.3 Å². The van der Waals surface area contributed by atoms with E-state index in [1.165, 1.54) is 38.9 Å². The first kappa shape index (κ1) is 44.4. The number of nitrogens with zero attached hydrogens (tertiary/aromatic N) is 2. The lowest BCUT2D eigenvalue weighted by Crippen LogP contribution is -2.74. The average molecular weight is 820 g/mol. The summed E-state index contributed by atoms with van der Waals surface area (Å²) in [5.74, 6) is 0. The van der Waals surface area contributed by atoms with Crippen LogP contribution in [0.3, 0.4) is 0 Å². The van der Waals surface area contributed by atoms with E-state index in [9.17, 15) is 0 Å². The molecule has 0 spiro atoms. The summed E-state index contributed by atoms with van der Waals surface area (Å²) in [7, 11) is 0. The molecule has 7 aromatic carbocycles. The Balaban J connectivity index is 1.55. The minimum atomic E-state index is -0.496. The molecule has 0 aliphatic rings. The Hall–Kier alpha value is -5.66. The summed E-state index contributed by atoms with van der Waals surface area (Å²) in [5, 5.41) is 7.35. The molecule has 0 amide bonds. The summed E-state index contributed by atoms with van der Waals surface area (Å²) in [6.45, 7) is 7.26. The van der Waals surface area contributed by atoms with Gasteiger partial charge < -0.3 is 16.4 Å². The third kappa shape index (κ3) is 12.3. The van der Waals surface area contributed by atoms with Crippen molar-refractivity contribution in [3.05, 3.63) is 251 Å². The third-order valence-corrected chi connectivity index (χ3v) is 12.4. The van der Waals surface area contributed by atoms with E-state index in [1.807, 2.05) is 0 Å². The molecule has 318 valence electrons. The Labute approximate surface area is 371 Å². The lowest BCUT2D eigenvalue weighted by atomic mass is 9.61. The van der Waals surface area contributed by atoms with Crippen LogP contribution in [0.1, 0.15) is 38.9 Å². The Kier molecular flexibility index (Phi) is 16.8. The topological polar surface area (TPSA) is 56.6 Å². The Morgan fingerprint density at radius 2 is 0.565 bits per heavy atom. The summed E-state index contributed by atoms with van der Waals surface area (Å²) < 4.78 is 0. The van der Waals surface area contributed by atoms with Crippen molar-refractivity contribution in [2.24, 2.45) is 5.73 Å². The minimum absolute atomic E-state index is 0.486. The van der Waals surface area contributed by atoms with Gasteiger partial charge in [0.25, 0.3) is 0 Å². The molecule has 0 aliphatic heterocycles. The fraction of sp³-hybridized carbons (Fsp3) is 0.263. The Morgan fingerprint density at radius 1 is 0.306 bits per heavy atom. The molecule has 7 aromatic rings. The number of rotatable bonds is 25. The molecule has 0 saturated heterocycles. The van der Waals surface area contributed by atoms with E-state index in [1.54, 1.807) is 0 Å². The number of hydrogen-bond donors (Lipinski definition) is 3. The van der Waals surface area contributed by atoms with Gasteiger partial charge in [0, 0.05) is 70.0 Å². The van der Waals surface area contributed by atoms with Crippen LogP contribution < -0.4 is 16.4 Å². The van der Waals surface area contributed by atoms with Crippen molar-refractivity contribution in [1.29, 1.82) is 0 Å². The molecular weight excluding hydrogens is 755 g/mol. The zero-order chi connectivity index (χ0) is 42.6. The Bertz CT molecular complexity index is 2110. The van der Waals surface area contributed by atoms with Gasteiger partial charge in [-0.15, -0.1) is 0 Å². The lowest BCUT2D eigenvalue weighted by molar-refractivity contribution is -0.0911. The van der Waals surface area contributed by atoms with Gasteiger partial charge in [0.1, 0.15) is 0 Å². The smallest absolute Gasteiger partial charge is 0.0487 e. The van der Waals surface area contributed by atoms with E-state index in [-0.39, 0.29) is 0 Å². The van der Waals surface area contributed by atoms with E-state index in [0.717, 1.165) is 78.0 Å². The highest BCUT2D eigenvalue weighted by Gasteiger charge is 2.57. The quantitative estimate of drug-likeness (QED) is 0.0502. The Morgan fingerprint density at radius 3 is 0.871 bits per heavy atom. The van der Waals surface area contributed by atoms with Crippen LogP contribution in [0.15, 0.2) is 212 Å². The van der Waals surface area contributed by atoms with E-state index in [4.69, 9.17) is 5.73 Å². The average Bonchev–Trinajstić information content (AvgIpc) is 3.32. The van der Waals surface area contributed by atoms with Gasteiger partial charge in [-0.25, -0.2) is 0 Å². The molecule has 0 saturated carbocycles. The van der Waals surface area contributed by atoms with Crippen LogP contribution >= 0.6 is 0 Å². The van der Waals surface area contributed by atoms with Crippen LogP contribution in [0.2, 0.25) is 0 Å². The summed E-state index contributed by atoms with van der Waals surface area (Å²) >= 11 is 0. The molecule has 5 heteroatoms. The number of nitrogens with two attached hydrogens (primary N) is 1. The van der Waals surface area contributed by atoms with Crippen LogP contribution in [0, 0.1) is 0 Å². The van der Waals surface area contributed by atoms with Gasteiger partial charge in [0.2, 0.25) is 0 Å². The lowest BCUT2D eigenvalue weighted by Gasteiger charge is -2.62. The molecule has 5 nitrogen and oxygen atoms in total. The molecule has 0 fully saturated rings. The second kappa shape index (κ2) is 23.5. The number of hydrogen-bond acceptors (Lipinski definition) is 5. The highest BCUT2D eigenvalue weighted by Crippen LogP contribution is 2.47. The van der Waals surface area contributed by atoms with Crippen molar-refractivity contribution < 1.29 is 0 Å². The summed E-state index contributed by atoms with van der Waals surface area (Å²) in [5.41, 5.74) is 14.1. The van der Waals surface area contributed by atoms with Gasteiger partial charge >= 0.3 is 0 Å². The predicted molar refractivity (Wildman–Crippen MR) is 260 cm³/mol. The summed E-state index contributed by atoms with van der Waals surface area (Å²) in [6, 6.07) is 78.8. The van der Waals surface area contributed by atoms with Crippen molar-refractivity contribution in [1.82, 2.24) is 20.4 Å². The second-order valence-corrected chi connectivity index (χ2v) is 16.7. The van der Waals surface area contributed by atoms with Crippen molar-refractivity contribution >= 4 is 0 Å². The molecule has 0 unspecified atom stereocenters. The maximum absolute atomic E-state index is 5.84.